The first-order valence-electron chi connectivity index (χ1n) is 4.72. The number of aromatic nitrogens is 1. The third-order valence-electron chi connectivity index (χ3n) is 1.94. The molecular weight excluding hydrogens is 279 g/mol. The monoisotopic (exact) mass is 286 g/mol. The molecule has 0 aromatic carbocycles. The van der Waals surface area contributed by atoms with Crippen molar-refractivity contribution in [2.75, 3.05) is 13.1 Å². The normalized spacial score (nSPS) is 9.61. The second-order valence-corrected chi connectivity index (χ2v) is 3.98. The Balaban J connectivity index is 3.02. The van der Waals surface area contributed by atoms with Crippen molar-refractivity contribution in [2.45, 2.75) is 0 Å². The van der Waals surface area contributed by atoms with Gasteiger partial charge in [-0.1, -0.05) is 29.1 Å². The smallest absolute Gasteiger partial charge is 0.323 e. The molecule has 18 heavy (non-hydrogen) atoms. The summed E-state index contributed by atoms with van der Waals surface area (Å²) in [6.45, 7) is -0.647. The van der Waals surface area contributed by atoms with Crippen molar-refractivity contribution in [3.63, 3.8) is 0 Å². The molecule has 0 atom stereocenters. The van der Waals surface area contributed by atoms with Gasteiger partial charge in [0.05, 0.1) is 12.1 Å². The molecule has 0 aliphatic rings. The predicted octanol–water partition coefficient (Wildman–Crippen LogP) is 1.55. The number of carboxylic acids is 1. The van der Waals surface area contributed by atoms with Crippen molar-refractivity contribution in [3.8, 4) is 12.3 Å². The van der Waals surface area contributed by atoms with Crippen molar-refractivity contribution in [1.29, 1.82) is 0 Å². The fourth-order valence-corrected chi connectivity index (χ4v) is 1.64. The van der Waals surface area contributed by atoms with E-state index in [9.17, 15) is 9.59 Å². The van der Waals surface area contributed by atoms with Crippen molar-refractivity contribution >= 4 is 35.1 Å². The molecule has 1 heterocycles. The van der Waals surface area contributed by atoms with Gasteiger partial charge in [-0.2, -0.15) is 0 Å². The van der Waals surface area contributed by atoms with Crippen LogP contribution >= 0.6 is 23.2 Å². The summed E-state index contributed by atoms with van der Waals surface area (Å²) in [4.78, 5) is 27.3. The van der Waals surface area contributed by atoms with Gasteiger partial charge in [0.1, 0.15) is 16.9 Å². The summed E-state index contributed by atoms with van der Waals surface area (Å²) in [6.07, 6.45) is 5.08. The van der Waals surface area contributed by atoms with Crippen LogP contribution in [0, 0.1) is 12.3 Å². The van der Waals surface area contributed by atoms with Gasteiger partial charge in [-0.05, 0) is 12.1 Å². The Morgan fingerprint density at radius 3 is 2.61 bits per heavy atom. The van der Waals surface area contributed by atoms with Crippen molar-refractivity contribution < 1.29 is 14.7 Å². The molecule has 0 spiro atoms. The first-order chi connectivity index (χ1) is 8.45. The van der Waals surface area contributed by atoms with Crippen LogP contribution in [0.5, 0.6) is 0 Å². The second-order valence-electron chi connectivity index (χ2n) is 3.23. The van der Waals surface area contributed by atoms with E-state index in [1.54, 1.807) is 0 Å². The van der Waals surface area contributed by atoms with Crippen LogP contribution in [0.4, 0.5) is 0 Å². The Morgan fingerprint density at radius 2 is 2.11 bits per heavy atom. The molecule has 7 heteroatoms. The van der Waals surface area contributed by atoms with E-state index < -0.39 is 18.4 Å². The van der Waals surface area contributed by atoms with Gasteiger partial charge in [0.15, 0.2) is 0 Å². The fraction of sp³-hybridized carbons (Fsp3) is 0.182. The highest BCUT2D eigenvalue weighted by atomic mass is 35.5. The quantitative estimate of drug-likeness (QED) is 0.673. The predicted molar refractivity (Wildman–Crippen MR) is 66.6 cm³/mol. The van der Waals surface area contributed by atoms with E-state index in [1.165, 1.54) is 12.1 Å². The van der Waals surface area contributed by atoms with Crippen molar-refractivity contribution in [1.82, 2.24) is 9.88 Å². The zero-order valence-corrected chi connectivity index (χ0v) is 10.6. The summed E-state index contributed by atoms with van der Waals surface area (Å²) in [6, 6.07) is 2.75. The zero-order chi connectivity index (χ0) is 13.7. The molecule has 94 valence electrons. The number of aliphatic carboxylic acids is 1. The maximum atomic E-state index is 12.0. The van der Waals surface area contributed by atoms with E-state index in [-0.39, 0.29) is 22.4 Å². The van der Waals surface area contributed by atoms with Crippen molar-refractivity contribution in [3.05, 3.63) is 28.0 Å². The minimum absolute atomic E-state index is 0.0533. The number of nitrogens with zero attached hydrogens (tertiary/aromatic N) is 2. The molecule has 0 bridgehead atoms. The molecule has 0 fully saturated rings. The number of carbonyl (C=O) groups excluding carboxylic acids is 1. The van der Waals surface area contributed by atoms with E-state index in [2.05, 4.69) is 10.9 Å². The lowest BCUT2D eigenvalue weighted by Crippen LogP contribution is -2.36. The summed E-state index contributed by atoms with van der Waals surface area (Å²) in [5.41, 5.74) is 0.0533. The summed E-state index contributed by atoms with van der Waals surface area (Å²) < 4.78 is 0. The maximum Gasteiger partial charge on any atom is 0.323 e. The van der Waals surface area contributed by atoms with Crippen molar-refractivity contribution in [2.24, 2.45) is 0 Å². The minimum Gasteiger partial charge on any atom is -0.480 e. The van der Waals surface area contributed by atoms with E-state index in [0.717, 1.165) is 4.90 Å². The summed E-state index contributed by atoms with van der Waals surface area (Å²) in [5.74, 6) is 0.430. The Labute approximate surface area is 113 Å². The Morgan fingerprint density at radius 1 is 1.44 bits per heavy atom. The summed E-state index contributed by atoms with van der Waals surface area (Å²) in [7, 11) is 0. The van der Waals surface area contributed by atoms with Crippen LogP contribution in [-0.2, 0) is 4.79 Å². The second kappa shape index (κ2) is 6.24. The number of pyridine rings is 1. The topological polar surface area (TPSA) is 70.5 Å². The highest BCUT2D eigenvalue weighted by Crippen LogP contribution is 2.18. The standard InChI is InChI=1S/C11H8Cl2N2O3/c1-2-5-15(6-9(16)17)11(18)7-3-4-8(12)14-10(7)13/h1,3-4H,5-6H2,(H,16,17). The molecule has 1 rings (SSSR count). The lowest BCUT2D eigenvalue weighted by atomic mass is 10.2. The average Bonchev–Trinajstić information content (AvgIpc) is 2.27. The van der Waals surface area contributed by atoms with Crippen LogP contribution in [0.1, 0.15) is 10.4 Å². The molecular formula is C11H8Cl2N2O3. The van der Waals surface area contributed by atoms with E-state index >= 15 is 0 Å². The Kier molecular flexibility index (Phi) is 4.95. The lowest BCUT2D eigenvalue weighted by molar-refractivity contribution is -0.137. The van der Waals surface area contributed by atoms with E-state index in [0.29, 0.717) is 0 Å². The molecule has 1 aromatic rings. The molecule has 0 radical (unpaired) electrons. The van der Waals surface area contributed by atoms with Gasteiger partial charge in [0.2, 0.25) is 0 Å². The number of halogens is 2. The molecule has 0 saturated heterocycles. The highest BCUT2D eigenvalue weighted by Gasteiger charge is 2.20. The van der Waals surface area contributed by atoms with Crippen LogP contribution in [0.15, 0.2) is 12.1 Å². The van der Waals surface area contributed by atoms with Crippen LogP contribution < -0.4 is 0 Å². The van der Waals surface area contributed by atoms with Crippen LogP contribution in [-0.4, -0.2) is 40.0 Å². The first kappa shape index (κ1) is 14.3. The highest BCUT2D eigenvalue weighted by molar-refractivity contribution is 6.34. The number of amides is 1. The van der Waals surface area contributed by atoms with Gasteiger partial charge in [0.25, 0.3) is 5.91 Å². The third kappa shape index (κ3) is 3.62. The lowest BCUT2D eigenvalue weighted by Gasteiger charge is -2.18. The van der Waals surface area contributed by atoms with Gasteiger partial charge in [0, 0.05) is 0 Å². The molecule has 0 aliphatic heterocycles. The molecule has 0 aliphatic carbocycles. The molecule has 1 aromatic heterocycles. The number of hydrogen-bond acceptors (Lipinski definition) is 3. The summed E-state index contributed by atoms with van der Waals surface area (Å²) in [5, 5.41) is 8.73. The number of hydrogen-bond donors (Lipinski definition) is 1. The van der Waals surface area contributed by atoms with Crippen LogP contribution in [0.2, 0.25) is 10.3 Å². The number of carbonyl (C=O) groups is 2. The largest absolute Gasteiger partial charge is 0.480 e. The van der Waals surface area contributed by atoms with Gasteiger partial charge < -0.3 is 10.0 Å². The molecule has 0 saturated carbocycles. The number of rotatable bonds is 4. The van der Waals surface area contributed by atoms with Gasteiger partial charge in [-0.25, -0.2) is 4.98 Å². The first-order valence-corrected chi connectivity index (χ1v) is 5.48. The molecule has 1 amide bonds. The SMILES string of the molecule is C#CCN(CC(=O)O)C(=O)c1ccc(Cl)nc1Cl. The molecule has 0 unspecified atom stereocenters. The third-order valence-corrected chi connectivity index (χ3v) is 2.44. The maximum absolute atomic E-state index is 12.0. The minimum atomic E-state index is -1.17. The van der Waals surface area contributed by atoms with Gasteiger partial charge >= 0.3 is 5.97 Å². The average molecular weight is 287 g/mol. The van der Waals surface area contributed by atoms with Crippen LogP contribution in [0.25, 0.3) is 0 Å². The Bertz CT molecular complexity index is 526. The summed E-state index contributed by atoms with van der Waals surface area (Å²) >= 11 is 11.4. The zero-order valence-electron chi connectivity index (χ0n) is 9.06. The fourth-order valence-electron chi connectivity index (χ4n) is 1.21. The number of terminal acetylenes is 1. The van der Waals surface area contributed by atoms with Gasteiger partial charge in [-0.3, -0.25) is 9.59 Å². The molecule has 5 nitrogen and oxygen atoms in total. The van der Waals surface area contributed by atoms with Gasteiger partial charge in [-0.15, -0.1) is 6.42 Å². The number of carboxylic acid groups (broad SMARTS) is 1. The van der Waals surface area contributed by atoms with E-state index in [4.69, 9.17) is 34.7 Å². The van der Waals surface area contributed by atoms with E-state index in [1.807, 2.05) is 0 Å². The Hall–Kier alpha value is -1.77. The molecule has 1 N–H and O–H groups in total. The van der Waals surface area contributed by atoms with Crippen LogP contribution in [0.3, 0.4) is 0 Å².